The largest absolute Gasteiger partial charge is 0.433 e. The summed E-state index contributed by atoms with van der Waals surface area (Å²) in [6.07, 6.45) is -8.93. The molecule has 0 amide bonds. The molecule has 0 saturated heterocycles. The second-order valence-corrected chi connectivity index (χ2v) is 5.06. The summed E-state index contributed by atoms with van der Waals surface area (Å²) in [7, 11) is 1.42. The van der Waals surface area contributed by atoms with E-state index in [0.717, 1.165) is 30.3 Å². The maximum atomic E-state index is 13.0. The summed E-state index contributed by atoms with van der Waals surface area (Å²) in [6, 6.07) is 6.15. The van der Waals surface area contributed by atoms with Gasteiger partial charge in [-0.25, -0.2) is 4.98 Å². The van der Waals surface area contributed by atoms with E-state index in [0.29, 0.717) is 5.56 Å². The topological polar surface area (TPSA) is 22.1 Å². The van der Waals surface area contributed by atoms with Crippen LogP contribution in [-0.4, -0.2) is 18.7 Å². The summed E-state index contributed by atoms with van der Waals surface area (Å²) in [6.45, 7) is 0.216. The van der Waals surface area contributed by atoms with Gasteiger partial charge in [-0.05, 0) is 36.2 Å². The molecule has 2 aromatic rings. The molecule has 0 atom stereocenters. The fourth-order valence-corrected chi connectivity index (χ4v) is 2.07. The van der Waals surface area contributed by atoms with Crippen molar-refractivity contribution in [1.29, 1.82) is 0 Å². The highest BCUT2D eigenvalue weighted by molar-refractivity contribution is 5.61. The van der Waals surface area contributed by atoms with E-state index in [2.05, 4.69) is 4.98 Å². The fraction of sp³-hybridized carbons (Fsp3) is 0.312. The third-order valence-corrected chi connectivity index (χ3v) is 3.28. The second kappa shape index (κ2) is 6.80. The Kier molecular flexibility index (Phi) is 5.17. The van der Waals surface area contributed by atoms with Gasteiger partial charge in [-0.3, -0.25) is 0 Å². The molecule has 24 heavy (non-hydrogen) atoms. The van der Waals surface area contributed by atoms with Gasteiger partial charge in [0.2, 0.25) is 0 Å². The predicted octanol–water partition coefficient (Wildman–Crippen LogP) is 4.98. The van der Waals surface area contributed by atoms with Crippen LogP contribution >= 0.6 is 0 Å². The van der Waals surface area contributed by atoms with Crippen molar-refractivity contribution < 1.29 is 31.1 Å². The van der Waals surface area contributed by atoms with Crippen LogP contribution in [0.15, 0.2) is 36.4 Å². The van der Waals surface area contributed by atoms with Crippen LogP contribution in [0.5, 0.6) is 0 Å². The van der Waals surface area contributed by atoms with Crippen molar-refractivity contribution in [3.8, 4) is 11.3 Å². The Bertz CT molecular complexity index is 691. The Morgan fingerprint density at radius 1 is 0.917 bits per heavy atom. The molecule has 8 heteroatoms. The van der Waals surface area contributed by atoms with Gasteiger partial charge < -0.3 is 4.74 Å². The molecule has 0 aliphatic carbocycles. The lowest BCUT2D eigenvalue weighted by molar-refractivity contribution is -0.141. The van der Waals surface area contributed by atoms with Crippen LogP contribution in [0.2, 0.25) is 0 Å². The molecule has 2 rings (SSSR count). The quantitative estimate of drug-likeness (QED) is 0.727. The summed E-state index contributed by atoms with van der Waals surface area (Å²) in [4.78, 5) is 3.53. The summed E-state index contributed by atoms with van der Waals surface area (Å²) in [5.41, 5.74) is -1.49. The second-order valence-electron chi connectivity index (χ2n) is 5.06. The molecule has 0 aliphatic heterocycles. The van der Waals surface area contributed by atoms with Crippen LogP contribution in [0.25, 0.3) is 11.3 Å². The van der Waals surface area contributed by atoms with Gasteiger partial charge >= 0.3 is 12.4 Å². The molecule has 0 saturated carbocycles. The predicted molar refractivity (Wildman–Crippen MR) is 75.3 cm³/mol. The van der Waals surface area contributed by atoms with Gasteiger partial charge in [0.1, 0.15) is 5.69 Å². The third kappa shape index (κ3) is 4.47. The number of methoxy groups -OCH3 is 1. The van der Waals surface area contributed by atoms with E-state index in [1.165, 1.54) is 13.2 Å². The Morgan fingerprint density at radius 3 is 2.04 bits per heavy atom. The fourth-order valence-electron chi connectivity index (χ4n) is 2.07. The van der Waals surface area contributed by atoms with Gasteiger partial charge in [-0.1, -0.05) is 12.1 Å². The number of benzene rings is 1. The molecule has 1 aromatic carbocycles. The van der Waals surface area contributed by atoms with Gasteiger partial charge in [0.25, 0.3) is 0 Å². The molecule has 0 unspecified atom stereocenters. The number of hydrogen-bond donors (Lipinski definition) is 0. The Labute approximate surface area is 134 Å². The lowest BCUT2D eigenvalue weighted by Crippen LogP contribution is -2.10. The first-order chi connectivity index (χ1) is 11.1. The highest BCUT2D eigenvalue weighted by atomic mass is 19.4. The maximum Gasteiger partial charge on any atom is 0.433 e. The number of hydrogen-bond acceptors (Lipinski definition) is 2. The minimum Gasteiger partial charge on any atom is -0.384 e. The van der Waals surface area contributed by atoms with Gasteiger partial charge in [0.15, 0.2) is 0 Å². The van der Waals surface area contributed by atoms with E-state index in [9.17, 15) is 26.3 Å². The van der Waals surface area contributed by atoms with E-state index in [4.69, 9.17) is 4.74 Å². The van der Waals surface area contributed by atoms with E-state index >= 15 is 0 Å². The Morgan fingerprint density at radius 2 is 1.54 bits per heavy atom. The van der Waals surface area contributed by atoms with Crippen molar-refractivity contribution in [3.63, 3.8) is 0 Å². The van der Waals surface area contributed by atoms with Crippen LogP contribution in [0.4, 0.5) is 26.3 Å². The molecule has 130 valence electrons. The summed E-state index contributed by atoms with van der Waals surface area (Å²) >= 11 is 0. The monoisotopic (exact) mass is 349 g/mol. The molecule has 0 N–H and O–H groups in total. The van der Waals surface area contributed by atoms with E-state index < -0.39 is 23.6 Å². The Balaban J connectivity index is 2.44. The Hall–Kier alpha value is -2.09. The lowest BCUT2D eigenvalue weighted by atomic mass is 10.0. The summed E-state index contributed by atoms with van der Waals surface area (Å²) in [5.74, 6) is 0. The van der Waals surface area contributed by atoms with Crippen molar-refractivity contribution >= 4 is 0 Å². The van der Waals surface area contributed by atoms with Crippen molar-refractivity contribution in [2.75, 3.05) is 13.7 Å². The first-order valence-electron chi connectivity index (χ1n) is 6.86. The zero-order valence-corrected chi connectivity index (χ0v) is 12.5. The average molecular weight is 349 g/mol. The number of nitrogens with zero attached hydrogens (tertiary/aromatic N) is 1. The number of rotatable bonds is 4. The molecule has 0 bridgehead atoms. The first-order valence-corrected chi connectivity index (χ1v) is 6.86. The maximum absolute atomic E-state index is 13.0. The van der Waals surface area contributed by atoms with Gasteiger partial charge in [0.05, 0.1) is 17.9 Å². The average Bonchev–Trinajstić information content (AvgIpc) is 2.51. The minimum absolute atomic E-state index is 0.0374. The summed E-state index contributed by atoms with van der Waals surface area (Å²) < 4.78 is 81.4. The first kappa shape index (κ1) is 18.3. The molecule has 0 radical (unpaired) electrons. The molecule has 1 heterocycles. The minimum atomic E-state index is -4.65. The van der Waals surface area contributed by atoms with E-state index in [-0.39, 0.29) is 24.3 Å². The molecule has 2 nitrogen and oxygen atoms in total. The van der Waals surface area contributed by atoms with Crippen molar-refractivity contribution in [3.05, 3.63) is 53.2 Å². The van der Waals surface area contributed by atoms with Crippen LogP contribution < -0.4 is 0 Å². The number of halogens is 6. The van der Waals surface area contributed by atoms with Crippen molar-refractivity contribution in [2.24, 2.45) is 0 Å². The highest BCUT2D eigenvalue weighted by Crippen LogP contribution is 2.33. The van der Waals surface area contributed by atoms with Gasteiger partial charge in [-0.2, -0.15) is 26.3 Å². The number of ether oxygens (including phenoxy) is 1. The summed E-state index contributed by atoms with van der Waals surface area (Å²) in [5, 5.41) is 0. The number of aromatic nitrogens is 1. The molecular weight excluding hydrogens is 336 g/mol. The lowest BCUT2D eigenvalue weighted by Gasteiger charge is -2.12. The number of alkyl halides is 6. The van der Waals surface area contributed by atoms with Crippen LogP contribution in [0.1, 0.15) is 16.8 Å². The normalized spacial score (nSPS) is 12.5. The molecule has 1 aromatic heterocycles. The van der Waals surface area contributed by atoms with E-state index in [1.807, 2.05) is 0 Å². The van der Waals surface area contributed by atoms with E-state index in [1.54, 1.807) is 0 Å². The van der Waals surface area contributed by atoms with Crippen molar-refractivity contribution in [2.45, 2.75) is 18.8 Å². The van der Waals surface area contributed by atoms with Gasteiger partial charge in [-0.15, -0.1) is 0 Å². The van der Waals surface area contributed by atoms with Crippen LogP contribution in [-0.2, 0) is 23.5 Å². The number of pyridine rings is 1. The SMILES string of the molecule is COCCc1cc(-c2ccc(C(F)(F)F)cc2)nc(C(F)(F)F)c1. The van der Waals surface area contributed by atoms with Crippen molar-refractivity contribution in [1.82, 2.24) is 4.98 Å². The van der Waals surface area contributed by atoms with Crippen LogP contribution in [0.3, 0.4) is 0 Å². The smallest absolute Gasteiger partial charge is 0.384 e. The molecule has 0 spiro atoms. The zero-order valence-electron chi connectivity index (χ0n) is 12.5. The zero-order chi connectivity index (χ0) is 18.0. The third-order valence-electron chi connectivity index (χ3n) is 3.28. The highest BCUT2D eigenvalue weighted by Gasteiger charge is 2.33. The standard InChI is InChI=1S/C16H13F6NO/c1-24-7-6-10-8-13(23-14(9-10)16(20,21)22)11-2-4-12(5-3-11)15(17,18)19/h2-5,8-9H,6-7H2,1H3. The molecule has 0 fully saturated rings. The van der Waals surface area contributed by atoms with Crippen LogP contribution in [0, 0.1) is 0 Å². The molecular formula is C16H13F6NO. The molecule has 0 aliphatic rings. The van der Waals surface area contributed by atoms with Gasteiger partial charge in [0, 0.05) is 12.7 Å².